The highest BCUT2D eigenvalue weighted by Crippen LogP contribution is 2.37. The summed E-state index contributed by atoms with van der Waals surface area (Å²) in [5.74, 6) is -0.852. The van der Waals surface area contributed by atoms with Crippen molar-refractivity contribution in [3.63, 3.8) is 0 Å². The van der Waals surface area contributed by atoms with Gasteiger partial charge in [0, 0.05) is 0 Å². The van der Waals surface area contributed by atoms with Crippen LogP contribution in [0.4, 0.5) is 4.39 Å². The van der Waals surface area contributed by atoms with Gasteiger partial charge in [0.1, 0.15) is 0 Å². The fourth-order valence-electron chi connectivity index (χ4n) is 1.66. The highest BCUT2D eigenvalue weighted by molar-refractivity contribution is 5.85. The third-order valence-corrected chi connectivity index (χ3v) is 2.83. The van der Waals surface area contributed by atoms with Crippen LogP contribution in [-0.2, 0) is 0 Å². The number of aliphatic hydroxyl groups excluding tert-OH is 1. The largest absolute Gasteiger partial charge is 0.505 e. The Labute approximate surface area is 99.5 Å². The number of nitrogens with two attached hydrogens (primary N) is 1. The van der Waals surface area contributed by atoms with Crippen molar-refractivity contribution in [2.45, 2.75) is 25.0 Å². The lowest BCUT2D eigenvalue weighted by Gasteiger charge is -2.18. The normalized spacial score (nSPS) is 18.7. The lowest BCUT2D eigenvalue weighted by Crippen LogP contribution is -2.27. The van der Waals surface area contributed by atoms with Crippen molar-refractivity contribution in [1.29, 1.82) is 0 Å². The summed E-state index contributed by atoms with van der Waals surface area (Å²) in [5, 5.41) is 18.8. The first-order chi connectivity index (χ1) is 7.09. The summed E-state index contributed by atoms with van der Waals surface area (Å²) in [6.07, 6.45) is 1.35. The molecule has 0 aliphatic heterocycles. The van der Waals surface area contributed by atoms with Gasteiger partial charge in [-0.3, -0.25) is 0 Å². The van der Waals surface area contributed by atoms with Gasteiger partial charge in [-0.2, -0.15) is 0 Å². The molecule has 1 aromatic carbocycles. The fourth-order valence-corrected chi connectivity index (χ4v) is 1.66. The van der Waals surface area contributed by atoms with Gasteiger partial charge >= 0.3 is 0 Å². The minimum Gasteiger partial charge on any atom is -0.505 e. The molecule has 1 aromatic rings. The molecule has 0 saturated heterocycles. The second-order valence-corrected chi connectivity index (χ2v) is 4.06. The van der Waals surface area contributed by atoms with Crippen molar-refractivity contribution in [1.82, 2.24) is 0 Å². The highest BCUT2D eigenvalue weighted by atomic mass is 35.5. The summed E-state index contributed by atoms with van der Waals surface area (Å²) in [6, 6.07) is 3.39. The number of aliphatic hydroxyl groups is 1. The Balaban J connectivity index is 0.00000128. The number of benzene rings is 1. The maximum Gasteiger partial charge on any atom is 0.165 e. The van der Waals surface area contributed by atoms with Crippen LogP contribution in [0.3, 0.4) is 0 Å². The van der Waals surface area contributed by atoms with E-state index in [0.717, 1.165) is 12.8 Å². The maximum absolute atomic E-state index is 13.0. The number of phenolic OH excluding ortho intramolecular Hbond substituents is 1. The topological polar surface area (TPSA) is 66.5 Å². The van der Waals surface area contributed by atoms with E-state index in [1.807, 2.05) is 0 Å². The van der Waals surface area contributed by atoms with Gasteiger partial charge in [-0.05, 0) is 36.5 Å². The van der Waals surface area contributed by atoms with Gasteiger partial charge in [0.05, 0.1) is 12.1 Å². The van der Waals surface area contributed by atoms with E-state index in [1.54, 1.807) is 0 Å². The van der Waals surface area contributed by atoms with E-state index >= 15 is 0 Å². The predicted molar refractivity (Wildman–Crippen MR) is 61.0 cm³/mol. The molecule has 1 saturated carbocycles. The van der Waals surface area contributed by atoms with Gasteiger partial charge in [0.15, 0.2) is 11.6 Å². The van der Waals surface area contributed by atoms with Crippen LogP contribution < -0.4 is 5.73 Å². The summed E-state index contributed by atoms with van der Waals surface area (Å²) in [5.41, 5.74) is 6.32. The Kier molecular flexibility index (Phi) is 4.13. The highest BCUT2D eigenvalue weighted by Gasteiger charge is 2.34. The molecular formula is C11H15ClFNO2. The van der Waals surface area contributed by atoms with Gasteiger partial charge in [-0.1, -0.05) is 6.07 Å². The Morgan fingerprint density at radius 1 is 1.38 bits per heavy atom. The number of aromatic hydroxyl groups is 1. The zero-order valence-corrected chi connectivity index (χ0v) is 9.45. The fraction of sp³-hybridized carbons (Fsp3) is 0.455. The molecule has 16 heavy (non-hydrogen) atoms. The van der Waals surface area contributed by atoms with E-state index in [-0.39, 0.29) is 18.3 Å². The molecule has 2 rings (SSSR count). The number of halogens is 2. The minimum absolute atomic E-state index is 0. The zero-order valence-electron chi connectivity index (χ0n) is 8.64. The smallest absolute Gasteiger partial charge is 0.165 e. The molecule has 90 valence electrons. The Bertz CT molecular complexity index is 371. The first-order valence-corrected chi connectivity index (χ1v) is 5.01. The average Bonchev–Trinajstić information content (AvgIpc) is 3.03. The molecule has 0 radical (unpaired) electrons. The van der Waals surface area contributed by atoms with E-state index in [2.05, 4.69) is 0 Å². The molecule has 1 aliphatic rings. The van der Waals surface area contributed by atoms with Gasteiger partial charge in [0.2, 0.25) is 0 Å². The Morgan fingerprint density at radius 3 is 2.50 bits per heavy atom. The van der Waals surface area contributed by atoms with Crippen LogP contribution in [0.1, 0.15) is 24.4 Å². The molecule has 0 bridgehead atoms. The standard InChI is InChI=1S/C11H14FNO2.ClH/c12-8-5-7(3-4-9(8)14)10(13)11(15)6-1-2-6;/h3-6,10-11,14-15H,1-2,13H2;1H/t10-,11+;/m0./s1. The molecular weight excluding hydrogens is 233 g/mol. The van der Waals surface area contributed by atoms with Crippen LogP contribution in [0.2, 0.25) is 0 Å². The second kappa shape index (κ2) is 4.99. The second-order valence-electron chi connectivity index (χ2n) is 4.06. The van der Waals surface area contributed by atoms with Gasteiger partial charge in [-0.15, -0.1) is 12.4 Å². The van der Waals surface area contributed by atoms with Crippen LogP contribution >= 0.6 is 12.4 Å². The first kappa shape index (κ1) is 13.2. The SMILES string of the molecule is Cl.N[C@@H](c1ccc(O)c(F)c1)[C@H](O)C1CC1. The van der Waals surface area contributed by atoms with Crippen molar-refractivity contribution in [3.05, 3.63) is 29.6 Å². The summed E-state index contributed by atoms with van der Waals surface area (Å²) in [4.78, 5) is 0. The van der Waals surface area contributed by atoms with Gasteiger partial charge < -0.3 is 15.9 Å². The molecule has 2 atom stereocenters. The lowest BCUT2D eigenvalue weighted by atomic mass is 9.99. The number of hydrogen-bond acceptors (Lipinski definition) is 3. The lowest BCUT2D eigenvalue weighted by molar-refractivity contribution is 0.122. The monoisotopic (exact) mass is 247 g/mol. The summed E-state index contributed by atoms with van der Waals surface area (Å²) >= 11 is 0. The third kappa shape index (κ3) is 2.64. The van der Waals surface area contributed by atoms with Crippen LogP contribution in [0.5, 0.6) is 5.75 Å². The molecule has 0 unspecified atom stereocenters. The van der Waals surface area contributed by atoms with E-state index in [0.29, 0.717) is 5.56 Å². The van der Waals surface area contributed by atoms with Gasteiger partial charge in [-0.25, -0.2) is 4.39 Å². The minimum atomic E-state index is -0.703. The molecule has 0 heterocycles. The summed E-state index contributed by atoms with van der Waals surface area (Å²) < 4.78 is 13.0. The number of hydrogen-bond donors (Lipinski definition) is 3. The first-order valence-electron chi connectivity index (χ1n) is 5.01. The molecule has 0 spiro atoms. The molecule has 3 nitrogen and oxygen atoms in total. The predicted octanol–water partition coefficient (Wildman–Crippen LogP) is 1.72. The number of rotatable bonds is 3. The maximum atomic E-state index is 13.0. The van der Waals surface area contributed by atoms with Crippen molar-refractivity contribution in [2.24, 2.45) is 11.7 Å². The molecule has 1 aliphatic carbocycles. The molecule has 1 fully saturated rings. The quantitative estimate of drug-likeness (QED) is 0.762. The number of phenols is 1. The molecule has 0 amide bonds. The van der Waals surface area contributed by atoms with E-state index in [1.165, 1.54) is 18.2 Å². The molecule has 4 N–H and O–H groups in total. The van der Waals surface area contributed by atoms with Crippen LogP contribution in [0.15, 0.2) is 18.2 Å². The van der Waals surface area contributed by atoms with Crippen LogP contribution in [0, 0.1) is 11.7 Å². The van der Waals surface area contributed by atoms with Crippen molar-refractivity contribution >= 4 is 12.4 Å². The Hall–Kier alpha value is -0.840. The molecule has 5 heteroatoms. The average molecular weight is 248 g/mol. The third-order valence-electron chi connectivity index (χ3n) is 2.83. The summed E-state index contributed by atoms with van der Waals surface area (Å²) in [7, 11) is 0. The van der Waals surface area contributed by atoms with Crippen LogP contribution in [0.25, 0.3) is 0 Å². The summed E-state index contributed by atoms with van der Waals surface area (Å²) in [6.45, 7) is 0. The van der Waals surface area contributed by atoms with E-state index < -0.39 is 23.7 Å². The van der Waals surface area contributed by atoms with E-state index in [9.17, 15) is 9.50 Å². The van der Waals surface area contributed by atoms with Crippen molar-refractivity contribution in [3.8, 4) is 5.75 Å². The van der Waals surface area contributed by atoms with Crippen molar-refractivity contribution in [2.75, 3.05) is 0 Å². The van der Waals surface area contributed by atoms with Crippen LogP contribution in [-0.4, -0.2) is 16.3 Å². The van der Waals surface area contributed by atoms with Gasteiger partial charge in [0.25, 0.3) is 0 Å². The molecule has 0 aromatic heterocycles. The van der Waals surface area contributed by atoms with Crippen molar-refractivity contribution < 1.29 is 14.6 Å². The zero-order chi connectivity index (χ0) is 11.0. The Morgan fingerprint density at radius 2 is 2.00 bits per heavy atom. The van der Waals surface area contributed by atoms with E-state index in [4.69, 9.17) is 10.8 Å².